The Bertz CT molecular complexity index is 704. The monoisotopic (exact) mass is 372 g/mol. The van der Waals surface area contributed by atoms with Gasteiger partial charge < -0.3 is 18.9 Å². The van der Waals surface area contributed by atoms with Crippen molar-refractivity contribution in [3.05, 3.63) is 59.7 Å². The summed E-state index contributed by atoms with van der Waals surface area (Å²) in [6.45, 7) is 7.46. The summed E-state index contributed by atoms with van der Waals surface area (Å²) in [5, 5.41) is 0. The summed E-state index contributed by atoms with van der Waals surface area (Å²) >= 11 is 0. The van der Waals surface area contributed by atoms with Crippen LogP contribution in [0.2, 0.25) is 0 Å². The zero-order valence-corrected chi connectivity index (χ0v) is 16.5. The van der Waals surface area contributed by atoms with Gasteiger partial charge in [-0.25, -0.2) is 0 Å². The number of rotatable bonds is 10. The van der Waals surface area contributed by atoms with Crippen LogP contribution in [0.25, 0.3) is 0 Å². The predicted molar refractivity (Wildman–Crippen MR) is 105 cm³/mol. The van der Waals surface area contributed by atoms with E-state index in [0.717, 1.165) is 11.5 Å². The molecule has 0 aliphatic rings. The van der Waals surface area contributed by atoms with E-state index in [4.69, 9.17) is 18.9 Å². The first-order valence-corrected chi connectivity index (χ1v) is 9.02. The molecule has 27 heavy (non-hydrogen) atoms. The van der Waals surface area contributed by atoms with Crippen molar-refractivity contribution in [3.63, 3.8) is 0 Å². The second-order valence-electron chi connectivity index (χ2n) is 6.70. The number of methoxy groups -OCH3 is 1. The topological polar surface area (TPSA) is 54.0 Å². The molecule has 5 nitrogen and oxygen atoms in total. The van der Waals surface area contributed by atoms with Crippen LogP contribution in [0.4, 0.5) is 0 Å². The molecule has 0 aliphatic heterocycles. The van der Waals surface area contributed by atoms with Crippen molar-refractivity contribution in [2.75, 3.05) is 33.5 Å². The third kappa shape index (κ3) is 6.29. The highest BCUT2D eigenvalue weighted by molar-refractivity contribution is 5.65. The molecule has 0 radical (unpaired) electrons. The molecule has 2 aromatic rings. The maximum Gasteiger partial charge on any atom is 0.302 e. The minimum atomic E-state index is -0.300. The van der Waals surface area contributed by atoms with Crippen LogP contribution in [0.5, 0.6) is 11.5 Å². The SMILES string of the molecule is COCCOc1ccc(C(C)(C)c2ccc(OCCOC(C)=O)cc2)cc1. The van der Waals surface area contributed by atoms with Crippen LogP contribution in [0.1, 0.15) is 31.9 Å². The number of carbonyl (C=O) groups excluding carboxylic acids is 1. The lowest BCUT2D eigenvalue weighted by atomic mass is 9.78. The van der Waals surface area contributed by atoms with Crippen LogP contribution < -0.4 is 9.47 Å². The lowest BCUT2D eigenvalue weighted by Crippen LogP contribution is -2.18. The third-order valence-corrected chi connectivity index (χ3v) is 4.37. The molecule has 0 atom stereocenters. The highest BCUT2D eigenvalue weighted by atomic mass is 16.6. The van der Waals surface area contributed by atoms with Gasteiger partial charge >= 0.3 is 5.97 Å². The first-order chi connectivity index (χ1) is 12.9. The average Bonchev–Trinajstić information content (AvgIpc) is 2.66. The van der Waals surface area contributed by atoms with Crippen molar-refractivity contribution in [3.8, 4) is 11.5 Å². The van der Waals surface area contributed by atoms with Gasteiger partial charge in [-0.3, -0.25) is 4.79 Å². The molecule has 5 heteroatoms. The van der Waals surface area contributed by atoms with Crippen molar-refractivity contribution in [1.82, 2.24) is 0 Å². The van der Waals surface area contributed by atoms with Crippen LogP contribution in [0.15, 0.2) is 48.5 Å². The summed E-state index contributed by atoms with van der Waals surface area (Å²) in [5.74, 6) is 1.29. The molecule has 0 saturated carbocycles. The summed E-state index contributed by atoms with van der Waals surface area (Å²) in [6, 6.07) is 16.1. The fourth-order valence-corrected chi connectivity index (χ4v) is 2.69. The van der Waals surface area contributed by atoms with Gasteiger partial charge in [0.2, 0.25) is 0 Å². The van der Waals surface area contributed by atoms with E-state index in [1.54, 1.807) is 7.11 Å². The smallest absolute Gasteiger partial charge is 0.302 e. The zero-order chi connectivity index (χ0) is 19.7. The minimum Gasteiger partial charge on any atom is -0.491 e. The van der Waals surface area contributed by atoms with Gasteiger partial charge in [0.05, 0.1) is 6.61 Å². The third-order valence-electron chi connectivity index (χ3n) is 4.37. The average molecular weight is 372 g/mol. The van der Waals surface area contributed by atoms with E-state index in [9.17, 15) is 4.79 Å². The van der Waals surface area contributed by atoms with Crippen LogP contribution in [-0.2, 0) is 19.7 Å². The van der Waals surface area contributed by atoms with Gasteiger partial charge in [0, 0.05) is 19.4 Å². The molecule has 0 amide bonds. The van der Waals surface area contributed by atoms with Gasteiger partial charge in [-0.1, -0.05) is 38.1 Å². The van der Waals surface area contributed by atoms with Crippen molar-refractivity contribution in [2.24, 2.45) is 0 Å². The molecule has 0 aromatic heterocycles. The van der Waals surface area contributed by atoms with E-state index in [1.807, 2.05) is 24.3 Å². The van der Waals surface area contributed by atoms with Crippen molar-refractivity contribution < 1.29 is 23.7 Å². The summed E-state index contributed by atoms with van der Waals surface area (Å²) in [4.78, 5) is 10.7. The maximum absolute atomic E-state index is 10.7. The van der Waals surface area contributed by atoms with Crippen LogP contribution in [0, 0.1) is 0 Å². The van der Waals surface area contributed by atoms with E-state index in [1.165, 1.54) is 18.1 Å². The second-order valence-corrected chi connectivity index (χ2v) is 6.70. The molecule has 0 unspecified atom stereocenters. The number of carbonyl (C=O) groups is 1. The lowest BCUT2D eigenvalue weighted by Gasteiger charge is -2.26. The summed E-state index contributed by atoms with van der Waals surface area (Å²) in [7, 11) is 1.66. The predicted octanol–water partition coefficient (Wildman–Crippen LogP) is 3.98. The van der Waals surface area contributed by atoms with Gasteiger partial charge in [0.25, 0.3) is 0 Å². The Morgan fingerprint density at radius 3 is 1.63 bits per heavy atom. The number of ether oxygens (including phenoxy) is 4. The van der Waals surface area contributed by atoms with E-state index in [-0.39, 0.29) is 18.0 Å². The molecule has 146 valence electrons. The van der Waals surface area contributed by atoms with Crippen molar-refractivity contribution >= 4 is 5.97 Å². The highest BCUT2D eigenvalue weighted by Crippen LogP contribution is 2.33. The zero-order valence-electron chi connectivity index (χ0n) is 16.5. The van der Waals surface area contributed by atoms with E-state index < -0.39 is 0 Å². The Labute approximate surface area is 161 Å². The highest BCUT2D eigenvalue weighted by Gasteiger charge is 2.23. The molecule has 0 bridgehead atoms. The van der Waals surface area contributed by atoms with Gasteiger partial charge in [-0.15, -0.1) is 0 Å². The van der Waals surface area contributed by atoms with Gasteiger partial charge in [0.15, 0.2) is 0 Å². The Hall–Kier alpha value is -2.53. The van der Waals surface area contributed by atoms with Crippen LogP contribution in [0.3, 0.4) is 0 Å². The van der Waals surface area contributed by atoms with E-state index >= 15 is 0 Å². The van der Waals surface area contributed by atoms with Crippen molar-refractivity contribution in [1.29, 1.82) is 0 Å². The standard InChI is InChI=1S/C22H28O5/c1-17(23)25-15-16-27-21-11-7-19(8-12-21)22(2,3)18-5-9-20(10-6-18)26-14-13-24-4/h5-12H,13-16H2,1-4H3. The molecular formula is C22H28O5. The number of benzene rings is 2. The first kappa shape index (κ1) is 20.8. The molecular weight excluding hydrogens is 344 g/mol. The molecule has 0 fully saturated rings. The molecule has 0 aliphatic carbocycles. The Morgan fingerprint density at radius 2 is 1.22 bits per heavy atom. The van der Waals surface area contributed by atoms with Crippen LogP contribution >= 0.6 is 0 Å². The number of hydrogen-bond donors (Lipinski definition) is 0. The van der Waals surface area contributed by atoms with Gasteiger partial charge in [-0.2, -0.15) is 0 Å². The lowest BCUT2D eigenvalue weighted by molar-refractivity contribution is -0.141. The summed E-state index contributed by atoms with van der Waals surface area (Å²) in [6.07, 6.45) is 0. The Balaban J connectivity index is 1.97. The fraction of sp³-hybridized carbons (Fsp3) is 0.409. The fourth-order valence-electron chi connectivity index (χ4n) is 2.69. The van der Waals surface area contributed by atoms with E-state index in [0.29, 0.717) is 19.8 Å². The summed E-state index contributed by atoms with van der Waals surface area (Å²) < 4.78 is 21.1. The largest absolute Gasteiger partial charge is 0.491 e. The molecule has 0 spiro atoms. The number of esters is 1. The van der Waals surface area contributed by atoms with Gasteiger partial charge in [0.1, 0.15) is 31.3 Å². The summed E-state index contributed by atoms with van der Waals surface area (Å²) in [5.41, 5.74) is 2.23. The normalized spacial score (nSPS) is 11.1. The molecule has 0 saturated heterocycles. The Morgan fingerprint density at radius 1 is 0.778 bits per heavy atom. The minimum absolute atomic E-state index is 0.151. The maximum atomic E-state index is 10.7. The van der Waals surface area contributed by atoms with E-state index in [2.05, 4.69) is 38.1 Å². The molecule has 2 aromatic carbocycles. The molecule has 2 rings (SSSR count). The van der Waals surface area contributed by atoms with Gasteiger partial charge in [-0.05, 0) is 35.4 Å². The quantitative estimate of drug-likeness (QED) is 0.466. The molecule has 0 N–H and O–H groups in total. The van der Waals surface area contributed by atoms with Crippen LogP contribution in [-0.4, -0.2) is 39.5 Å². The Kier molecular flexibility index (Phi) is 7.67. The van der Waals surface area contributed by atoms with Crippen molar-refractivity contribution in [2.45, 2.75) is 26.2 Å². The molecule has 0 heterocycles. The number of hydrogen-bond acceptors (Lipinski definition) is 5. The second kappa shape index (κ2) is 9.97. The first-order valence-electron chi connectivity index (χ1n) is 9.02.